The summed E-state index contributed by atoms with van der Waals surface area (Å²) in [4.78, 5) is 0. The van der Waals surface area contributed by atoms with Crippen LogP contribution in [0.5, 0.6) is 0 Å². The van der Waals surface area contributed by atoms with Gasteiger partial charge < -0.3 is 0 Å². The number of rotatable bonds is 0. The Morgan fingerprint density at radius 1 is 0.333 bits per heavy atom. The molecular formula is C30H35. The fourth-order valence-electron chi connectivity index (χ4n) is 2.44. The maximum Gasteiger partial charge on any atom is -0.0276 e. The Bertz CT molecular complexity index is 684. The van der Waals surface area contributed by atoms with Crippen molar-refractivity contribution in [2.45, 2.75) is 38.5 Å². The lowest BCUT2D eigenvalue weighted by Crippen LogP contribution is -1.76. The van der Waals surface area contributed by atoms with Crippen LogP contribution in [0.2, 0.25) is 0 Å². The summed E-state index contributed by atoms with van der Waals surface area (Å²) in [6.45, 7) is 0. The number of allylic oxidation sites excluding steroid dienone is 24. The first kappa shape index (κ1) is 24.9. The van der Waals surface area contributed by atoms with Crippen LogP contribution in [0, 0.1) is 6.08 Å². The molecule has 0 unspecified atom stereocenters. The van der Waals surface area contributed by atoms with E-state index >= 15 is 0 Å². The smallest absolute Gasteiger partial charge is 0.0276 e. The zero-order chi connectivity index (χ0) is 21.2. The van der Waals surface area contributed by atoms with Gasteiger partial charge in [-0.1, -0.05) is 153 Å². The molecule has 0 atom stereocenters. The van der Waals surface area contributed by atoms with E-state index in [1.807, 2.05) is 115 Å². The molecule has 0 spiro atoms. The Morgan fingerprint density at radius 3 is 1.17 bits per heavy atom. The van der Waals surface area contributed by atoms with Gasteiger partial charge in [0.2, 0.25) is 0 Å². The summed E-state index contributed by atoms with van der Waals surface area (Å²) in [5.41, 5.74) is 0. The summed E-state index contributed by atoms with van der Waals surface area (Å²) in [6, 6.07) is 0. The van der Waals surface area contributed by atoms with E-state index in [2.05, 4.69) is 30.4 Å². The van der Waals surface area contributed by atoms with Gasteiger partial charge in [-0.15, -0.1) is 0 Å². The van der Waals surface area contributed by atoms with E-state index in [1.54, 1.807) is 0 Å². The molecule has 0 aromatic heterocycles. The first-order chi connectivity index (χ1) is 15.0. The first-order valence-corrected chi connectivity index (χ1v) is 10.9. The molecule has 0 nitrogen and oxygen atoms in total. The van der Waals surface area contributed by atoms with Crippen molar-refractivity contribution in [3.8, 4) is 0 Å². The second-order valence-corrected chi connectivity index (χ2v) is 6.60. The summed E-state index contributed by atoms with van der Waals surface area (Å²) in [5, 5.41) is 0. The minimum Gasteiger partial charge on any atom is -0.0845 e. The minimum absolute atomic E-state index is 1.04. The van der Waals surface area contributed by atoms with Crippen molar-refractivity contribution in [2.75, 3.05) is 0 Å². The third-order valence-electron chi connectivity index (χ3n) is 4.01. The van der Waals surface area contributed by atoms with Crippen molar-refractivity contribution in [1.82, 2.24) is 0 Å². The van der Waals surface area contributed by atoms with Crippen molar-refractivity contribution in [2.24, 2.45) is 0 Å². The van der Waals surface area contributed by atoms with Crippen LogP contribution in [0.3, 0.4) is 0 Å². The lowest BCUT2D eigenvalue weighted by Gasteiger charge is -1.96. The average molecular weight is 396 g/mol. The molecule has 0 saturated heterocycles. The molecular weight excluding hydrogens is 360 g/mol. The molecule has 0 heterocycles. The van der Waals surface area contributed by atoms with Gasteiger partial charge >= 0.3 is 0 Å². The van der Waals surface area contributed by atoms with Crippen LogP contribution >= 0.6 is 0 Å². The molecule has 0 heteroatoms. The number of hydrogen-bond acceptors (Lipinski definition) is 0. The van der Waals surface area contributed by atoms with Crippen molar-refractivity contribution >= 4 is 0 Å². The molecule has 0 aromatic rings. The summed E-state index contributed by atoms with van der Waals surface area (Å²) < 4.78 is 0. The van der Waals surface area contributed by atoms with Crippen LogP contribution in [-0.4, -0.2) is 0 Å². The highest BCUT2D eigenvalue weighted by Crippen LogP contribution is 2.06. The summed E-state index contributed by atoms with van der Waals surface area (Å²) in [6.07, 6.45) is 57.5. The molecule has 0 bridgehead atoms. The van der Waals surface area contributed by atoms with Crippen LogP contribution in [0.4, 0.5) is 0 Å². The van der Waals surface area contributed by atoms with Crippen LogP contribution in [0.1, 0.15) is 38.5 Å². The van der Waals surface area contributed by atoms with E-state index < -0.39 is 0 Å². The van der Waals surface area contributed by atoms with Gasteiger partial charge in [0.1, 0.15) is 0 Å². The standard InChI is InChI=1S/C30H35/c1-2-4-6-8-10-12-14-16-18-20-22-24-26-28-30-29-27-25-23-21-19-17-15-13-11-9-7-5-3-1/h1-23H,24,26-30H2/b2-1-,5-3-,6-4-,9-7-,10-8-,13-11-,14-12-,17-15-,18-16-,21-19-,22-20?,25-23?. The Labute approximate surface area is 184 Å². The first-order valence-electron chi connectivity index (χ1n) is 10.9. The maximum atomic E-state index is 3.34. The predicted octanol–water partition coefficient (Wildman–Crippen LogP) is 8.82. The molecule has 0 N–H and O–H groups in total. The van der Waals surface area contributed by atoms with Gasteiger partial charge in [0, 0.05) is 0 Å². The SMILES string of the molecule is [C]1=C/C=C\C=C/C=C\C=C/C=C\C=C/C=C\C=C/C=C\C=C/C=CCCCCCC\1. The fourth-order valence-corrected chi connectivity index (χ4v) is 2.44. The van der Waals surface area contributed by atoms with Gasteiger partial charge in [0.05, 0.1) is 0 Å². The van der Waals surface area contributed by atoms with E-state index in [0.717, 1.165) is 12.8 Å². The highest BCUT2D eigenvalue weighted by Gasteiger charge is 1.87. The summed E-state index contributed by atoms with van der Waals surface area (Å²) in [7, 11) is 0. The van der Waals surface area contributed by atoms with E-state index in [0.29, 0.717) is 0 Å². The van der Waals surface area contributed by atoms with Crippen molar-refractivity contribution in [3.05, 3.63) is 146 Å². The van der Waals surface area contributed by atoms with E-state index in [4.69, 9.17) is 0 Å². The van der Waals surface area contributed by atoms with Crippen LogP contribution in [0.25, 0.3) is 0 Å². The number of hydrogen-bond donors (Lipinski definition) is 0. The summed E-state index contributed by atoms with van der Waals surface area (Å²) in [5.74, 6) is 0. The zero-order valence-electron chi connectivity index (χ0n) is 18.0. The molecule has 1 aliphatic carbocycles. The molecule has 0 saturated carbocycles. The molecule has 1 aliphatic rings. The quantitative estimate of drug-likeness (QED) is 0.384. The van der Waals surface area contributed by atoms with Gasteiger partial charge in [-0.25, -0.2) is 0 Å². The van der Waals surface area contributed by atoms with Crippen molar-refractivity contribution in [3.63, 3.8) is 0 Å². The molecule has 1 rings (SSSR count). The topological polar surface area (TPSA) is 0 Å². The highest BCUT2D eigenvalue weighted by molar-refractivity contribution is 5.23. The average Bonchev–Trinajstić information content (AvgIpc) is 2.76. The van der Waals surface area contributed by atoms with Crippen molar-refractivity contribution < 1.29 is 0 Å². The van der Waals surface area contributed by atoms with Crippen LogP contribution in [-0.2, 0) is 0 Å². The van der Waals surface area contributed by atoms with Gasteiger partial charge in [0.25, 0.3) is 0 Å². The summed E-state index contributed by atoms with van der Waals surface area (Å²) >= 11 is 0. The second-order valence-electron chi connectivity index (χ2n) is 6.60. The van der Waals surface area contributed by atoms with Crippen LogP contribution in [0.15, 0.2) is 140 Å². The Morgan fingerprint density at radius 2 is 0.700 bits per heavy atom. The third kappa shape index (κ3) is 19.6. The monoisotopic (exact) mass is 395 g/mol. The van der Waals surface area contributed by atoms with Gasteiger partial charge in [0.15, 0.2) is 0 Å². The van der Waals surface area contributed by atoms with Gasteiger partial charge in [-0.05, 0) is 31.8 Å². The molecule has 0 amide bonds. The van der Waals surface area contributed by atoms with E-state index in [-0.39, 0.29) is 0 Å². The van der Waals surface area contributed by atoms with Gasteiger partial charge in [-0.3, -0.25) is 0 Å². The predicted molar refractivity (Wildman–Crippen MR) is 136 cm³/mol. The maximum absolute atomic E-state index is 3.34. The molecule has 1 radical (unpaired) electrons. The minimum atomic E-state index is 1.04. The molecule has 0 aliphatic heterocycles. The zero-order valence-corrected chi connectivity index (χ0v) is 18.0. The van der Waals surface area contributed by atoms with E-state index in [9.17, 15) is 0 Å². The largest absolute Gasteiger partial charge is 0.0845 e. The lowest BCUT2D eigenvalue weighted by atomic mass is 10.1. The Balaban J connectivity index is 2.51. The molecule has 155 valence electrons. The molecule has 0 fully saturated rings. The highest BCUT2D eigenvalue weighted by atomic mass is 13.9. The van der Waals surface area contributed by atoms with Crippen molar-refractivity contribution in [1.29, 1.82) is 0 Å². The van der Waals surface area contributed by atoms with E-state index in [1.165, 1.54) is 25.7 Å². The normalized spacial score (nSPS) is 29.3. The third-order valence-corrected chi connectivity index (χ3v) is 4.01. The fraction of sp³-hybridized carbons (Fsp3) is 0.200. The molecule has 30 heavy (non-hydrogen) atoms. The van der Waals surface area contributed by atoms with Gasteiger partial charge in [-0.2, -0.15) is 0 Å². The molecule has 0 aromatic carbocycles. The second kappa shape index (κ2) is 22.2. The lowest BCUT2D eigenvalue weighted by molar-refractivity contribution is 0.649. The Hall–Kier alpha value is -3.12. The van der Waals surface area contributed by atoms with Crippen LogP contribution < -0.4 is 0 Å². The Kier molecular flexibility index (Phi) is 18.4.